The molecule has 2 aromatic rings. The first-order valence-electron chi connectivity index (χ1n) is 8.90. The molecule has 1 saturated carbocycles. The van der Waals surface area contributed by atoms with E-state index >= 15 is 0 Å². The van der Waals surface area contributed by atoms with Gasteiger partial charge in [0, 0.05) is 16.8 Å². The first-order chi connectivity index (χ1) is 12.1. The van der Waals surface area contributed by atoms with E-state index in [0.29, 0.717) is 16.7 Å². The van der Waals surface area contributed by atoms with Gasteiger partial charge >= 0.3 is 0 Å². The molecule has 0 atom stereocenters. The summed E-state index contributed by atoms with van der Waals surface area (Å²) < 4.78 is 5.26. The number of methoxy groups -OCH3 is 1. The van der Waals surface area contributed by atoms with Gasteiger partial charge in [-0.25, -0.2) is 0 Å². The summed E-state index contributed by atoms with van der Waals surface area (Å²) in [6, 6.07) is 9.70. The quantitative estimate of drug-likeness (QED) is 0.796. The van der Waals surface area contributed by atoms with Crippen LogP contribution >= 0.6 is 11.6 Å². The maximum absolute atomic E-state index is 12.3. The van der Waals surface area contributed by atoms with Crippen LogP contribution in [0.5, 0.6) is 5.75 Å². The van der Waals surface area contributed by atoms with Crippen molar-refractivity contribution in [3.8, 4) is 5.75 Å². The Balaban J connectivity index is 2.08. The highest BCUT2D eigenvalue weighted by Crippen LogP contribution is 2.34. The Kier molecular flexibility index (Phi) is 5.64. The van der Waals surface area contributed by atoms with Gasteiger partial charge in [-0.2, -0.15) is 0 Å². The molecule has 0 bridgehead atoms. The number of hydrogen-bond donors (Lipinski definition) is 1. The van der Waals surface area contributed by atoms with Crippen LogP contribution in [0.4, 0.5) is 0 Å². The minimum atomic E-state index is -0.0167. The molecular weight excluding hydrogens is 334 g/mol. The first kappa shape index (κ1) is 17.8. The topological polar surface area (TPSA) is 42.1 Å². The highest BCUT2D eigenvalue weighted by atomic mass is 35.5. The number of nitrogens with one attached hydrogen (secondary N) is 1. The van der Waals surface area contributed by atoms with E-state index in [4.69, 9.17) is 16.3 Å². The minimum absolute atomic E-state index is 0.0167. The molecule has 132 valence electrons. The largest absolute Gasteiger partial charge is 0.495 e. The molecule has 0 spiro atoms. The standard InChI is InChI=1S/C21H24ClNO2/c1-3-15-8-10-19(23-21(15)24)17(12-14-6-4-5-7-14)16-9-11-20(25-2)18(22)13-16/h8-14H,3-7H2,1-2H3,(H,23,24)/b17-12+. The molecule has 3 rings (SSSR count). The number of hydrogen-bond acceptors (Lipinski definition) is 2. The Morgan fingerprint density at radius 3 is 2.64 bits per heavy atom. The summed E-state index contributed by atoms with van der Waals surface area (Å²) in [5.41, 5.74) is 3.66. The third-order valence-electron chi connectivity index (χ3n) is 4.93. The lowest BCUT2D eigenvalue weighted by molar-refractivity contribution is 0.415. The van der Waals surface area contributed by atoms with Crippen LogP contribution in [0, 0.1) is 5.92 Å². The number of ether oxygens (including phenoxy) is 1. The maximum atomic E-state index is 12.3. The van der Waals surface area contributed by atoms with Crippen molar-refractivity contribution in [2.45, 2.75) is 39.0 Å². The van der Waals surface area contributed by atoms with E-state index in [1.54, 1.807) is 7.11 Å². The van der Waals surface area contributed by atoms with E-state index in [0.717, 1.165) is 28.8 Å². The van der Waals surface area contributed by atoms with E-state index in [9.17, 15) is 4.79 Å². The Labute approximate surface area is 153 Å². The third-order valence-corrected chi connectivity index (χ3v) is 5.22. The number of pyridine rings is 1. The van der Waals surface area contributed by atoms with Crippen molar-refractivity contribution >= 4 is 17.2 Å². The van der Waals surface area contributed by atoms with Crippen LogP contribution < -0.4 is 10.3 Å². The molecular formula is C21H24ClNO2. The molecule has 1 aromatic carbocycles. The van der Waals surface area contributed by atoms with Gasteiger partial charge < -0.3 is 9.72 Å². The lowest BCUT2D eigenvalue weighted by atomic mass is 9.95. The van der Waals surface area contributed by atoms with Crippen LogP contribution in [0.1, 0.15) is 49.4 Å². The lowest BCUT2D eigenvalue weighted by Gasteiger charge is -2.13. The van der Waals surface area contributed by atoms with Crippen molar-refractivity contribution < 1.29 is 4.74 Å². The zero-order valence-electron chi connectivity index (χ0n) is 14.8. The summed E-state index contributed by atoms with van der Waals surface area (Å²) >= 11 is 6.33. The first-order valence-corrected chi connectivity index (χ1v) is 9.28. The fourth-order valence-corrected chi connectivity index (χ4v) is 3.73. The van der Waals surface area contributed by atoms with E-state index in [-0.39, 0.29) is 5.56 Å². The van der Waals surface area contributed by atoms with Crippen molar-refractivity contribution in [1.82, 2.24) is 4.98 Å². The van der Waals surface area contributed by atoms with Crippen molar-refractivity contribution in [2.75, 3.05) is 7.11 Å². The van der Waals surface area contributed by atoms with Gasteiger partial charge in [-0.05, 0) is 48.9 Å². The fourth-order valence-electron chi connectivity index (χ4n) is 3.47. The highest BCUT2D eigenvalue weighted by molar-refractivity contribution is 6.32. The smallest absolute Gasteiger partial charge is 0.251 e. The van der Waals surface area contributed by atoms with Gasteiger partial charge in [0.2, 0.25) is 0 Å². The second kappa shape index (κ2) is 7.92. The molecule has 1 aliphatic rings. The second-order valence-electron chi connectivity index (χ2n) is 6.55. The summed E-state index contributed by atoms with van der Waals surface area (Å²) in [6.07, 6.45) is 7.95. The van der Waals surface area contributed by atoms with Crippen LogP contribution in [0.3, 0.4) is 0 Å². The van der Waals surface area contributed by atoms with E-state index < -0.39 is 0 Å². The molecule has 25 heavy (non-hydrogen) atoms. The van der Waals surface area contributed by atoms with Crippen LogP contribution in [-0.4, -0.2) is 12.1 Å². The molecule has 1 heterocycles. The molecule has 1 aliphatic carbocycles. The van der Waals surface area contributed by atoms with Crippen molar-refractivity contribution in [1.29, 1.82) is 0 Å². The molecule has 0 aliphatic heterocycles. The normalized spacial score (nSPS) is 15.6. The van der Waals surface area contributed by atoms with Crippen LogP contribution in [0.15, 0.2) is 41.2 Å². The van der Waals surface area contributed by atoms with Crippen LogP contribution in [0.2, 0.25) is 5.02 Å². The molecule has 1 N–H and O–H groups in total. The van der Waals surface area contributed by atoms with Gasteiger partial charge in [0.05, 0.1) is 12.1 Å². The highest BCUT2D eigenvalue weighted by Gasteiger charge is 2.17. The monoisotopic (exact) mass is 357 g/mol. The number of rotatable bonds is 5. The van der Waals surface area contributed by atoms with Crippen molar-refractivity contribution in [2.24, 2.45) is 5.92 Å². The van der Waals surface area contributed by atoms with Crippen molar-refractivity contribution in [3.63, 3.8) is 0 Å². The summed E-state index contributed by atoms with van der Waals surface area (Å²) in [6.45, 7) is 1.99. The van der Waals surface area contributed by atoms with Crippen molar-refractivity contribution in [3.05, 3.63) is 68.6 Å². The van der Waals surface area contributed by atoms with Gasteiger partial charge in [-0.15, -0.1) is 0 Å². The fraction of sp³-hybridized carbons (Fsp3) is 0.381. The molecule has 0 amide bonds. The Hall–Kier alpha value is -2.00. The molecule has 0 radical (unpaired) electrons. The molecule has 1 aromatic heterocycles. The van der Waals surface area contributed by atoms with Gasteiger partial charge in [-0.3, -0.25) is 4.79 Å². The van der Waals surface area contributed by atoms with E-state index in [2.05, 4.69) is 11.1 Å². The third kappa shape index (κ3) is 3.98. The number of benzene rings is 1. The summed E-state index contributed by atoms with van der Waals surface area (Å²) in [5, 5.41) is 0.574. The predicted octanol–water partition coefficient (Wildman–Crippen LogP) is 5.22. The molecule has 0 unspecified atom stereocenters. The average Bonchev–Trinajstić information content (AvgIpc) is 3.13. The Bertz CT molecular complexity index is 832. The SMILES string of the molecule is CCc1ccc(/C(=C/C2CCCC2)c2ccc(OC)c(Cl)c2)[nH]c1=O. The molecule has 3 nitrogen and oxygen atoms in total. The summed E-state index contributed by atoms with van der Waals surface area (Å²) in [7, 11) is 1.61. The Morgan fingerprint density at radius 2 is 2.04 bits per heavy atom. The number of allylic oxidation sites excluding steroid dienone is 1. The average molecular weight is 358 g/mol. The maximum Gasteiger partial charge on any atom is 0.251 e. The zero-order chi connectivity index (χ0) is 17.8. The number of aromatic amines is 1. The second-order valence-corrected chi connectivity index (χ2v) is 6.96. The van der Waals surface area contributed by atoms with Crippen LogP contribution in [0.25, 0.3) is 5.57 Å². The summed E-state index contributed by atoms with van der Waals surface area (Å²) in [5.74, 6) is 1.20. The lowest BCUT2D eigenvalue weighted by Crippen LogP contribution is -2.13. The number of halogens is 1. The number of H-pyrrole nitrogens is 1. The molecule has 1 fully saturated rings. The van der Waals surface area contributed by atoms with Gasteiger partial charge in [0.1, 0.15) is 5.75 Å². The minimum Gasteiger partial charge on any atom is -0.495 e. The molecule has 0 saturated heterocycles. The van der Waals surface area contributed by atoms with Gasteiger partial charge in [0.15, 0.2) is 0 Å². The predicted molar refractivity (Wildman–Crippen MR) is 103 cm³/mol. The summed E-state index contributed by atoms with van der Waals surface area (Å²) in [4.78, 5) is 15.3. The zero-order valence-corrected chi connectivity index (χ0v) is 15.5. The van der Waals surface area contributed by atoms with E-state index in [1.807, 2.05) is 37.3 Å². The number of aromatic nitrogens is 1. The van der Waals surface area contributed by atoms with Gasteiger partial charge in [0.25, 0.3) is 5.56 Å². The van der Waals surface area contributed by atoms with Crippen LogP contribution in [-0.2, 0) is 6.42 Å². The Morgan fingerprint density at radius 1 is 1.28 bits per heavy atom. The number of aryl methyl sites for hydroxylation is 1. The van der Waals surface area contributed by atoms with Gasteiger partial charge in [-0.1, -0.05) is 49.6 Å². The van der Waals surface area contributed by atoms with E-state index in [1.165, 1.54) is 25.7 Å². The molecule has 4 heteroatoms.